The molecule has 2 nitrogen and oxygen atoms in total. The zero-order valence-electron chi connectivity index (χ0n) is 10.6. The maximum absolute atomic E-state index is 3.73. The molecule has 1 atom stereocenters. The summed E-state index contributed by atoms with van der Waals surface area (Å²) in [7, 11) is 2.20. The Morgan fingerprint density at radius 2 is 1.82 bits per heavy atom. The fourth-order valence-electron chi connectivity index (χ4n) is 2.38. The molecule has 0 spiro atoms. The average molecular weight is 297 g/mol. The first-order valence-corrected chi connectivity index (χ1v) is 7.14. The minimum atomic E-state index is 0.441. The summed E-state index contributed by atoms with van der Waals surface area (Å²) in [5, 5.41) is 3.73. The van der Waals surface area contributed by atoms with E-state index in [1.165, 1.54) is 31.5 Å². The molecular weight excluding hydrogens is 276 g/mol. The van der Waals surface area contributed by atoms with Crippen LogP contribution in [0.2, 0.25) is 0 Å². The molecule has 2 rings (SSSR count). The van der Waals surface area contributed by atoms with E-state index < -0.39 is 0 Å². The third-order valence-corrected chi connectivity index (χ3v) is 4.10. The van der Waals surface area contributed by atoms with Crippen LogP contribution < -0.4 is 5.32 Å². The third-order valence-electron chi connectivity index (χ3n) is 3.57. The van der Waals surface area contributed by atoms with Gasteiger partial charge in [0.2, 0.25) is 0 Å². The van der Waals surface area contributed by atoms with E-state index >= 15 is 0 Å². The van der Waals surface area contributed by atoms with Gasteiger partial charge in [-0.1, -0.05) is 28.1 Å². The highest BCUT2D eigenvalue weighted by atomic mass is 79.9. The van der Waals surface area contributed by atoms with E-state index in [-0.39, 0.29) is 0 Å². The van der Waals surface area contributed by atoms with E-state index in [4.69, 9.17) is 0 Å². The second-order valence-electron chi connectivity index (χ2n) is 5.02. The molecule has 0 aromatic heterocycles. The molecule has 1 saturated heterocycles. The van der Waals surface area contributed by atoms with Gasteiger partial charge in [-0.2, -0.15) is 0 Å². The van der Waals surface area contributed by atoms with E-state index in [1.54, 1.807) is 0 Å². The normalized spacial score (nSPS) is 20.4. The van der Waals surface area contributed by atoms with Crippen molar-refractivity contribution in [2.45, 2.75) is 31.8 Å². The fraction of sp³-hybridized carbons (Fsp3) is 0.571. The molecule has 1 heterocycles. The zero-order valence-corrected chi connectivity index (χ0v) is 12.2. The number of halogens is 1. The van der Waals surface area contributed by atoms with Crippen LogP contribution in [0.15, 0.2) is 28.7 Å². The largest absolute Gasteiger partial charge is 0.307 e. The van der Waals surface area contributed by atoms with Crippen molar-refractivity contribution in [2.24, 2.45) is 0 Å². The van der Waals surface area contributed by atoms with Crippen LogP contribution in [0.3, 0.4) is 0 Å². The van der Waals surface area contributed by atoms with Gasteiger partial charge in [-0.15, -0.1) is 0 Å². The van der Waals surface area contributed by atoms with E-state index in [9.17, 15) is 0 Å². The molecular formula is C14H21BrN2. The Morgan fingerprint density at radius 3 is 2.41 bits per heavy atom. The van der Waals surface area contributed by atoms with Gasteiger partial charge in [0.05, 0.1) is 0 Å². The van der Waals surface area contributed by atoms with Gasteiger partial charge in [-0.25, -0.2) is 0 Å². The summed E-state index contributed by atoms with van der Waals surface area (Å²) in [6, 6.07) is 9.72. The van der Waals surface area contributed by atoms with Gasteiger partial charge in [-0.05, 0) is 57.6 Å². The van der Waals surface area contributed by atoms with E-state index in [2.05, 4.69) is 64.4 Å². The van der Waals surface area contributed by atoms with Gasteiger partial charge in [0.25, 0.3) is 0 Å². The number of nitrogens with one attached hydrogen (secondary N) is 1. The van der Waals surface area contributed by atoms with Crippen LogP contribution in [0.4, 0.5) is 0 Å². The number of hydrogen-bond acceptors (Lipinski definition) is 2. The number of benzene rings is 1. The molecule has 0 amide bonds. The summed E-state index contributed by atoms with van der Waals surface area (Å²) in [5.74, 6) is 0. The summed E-state index contributed by atoms with van der Waals surface area (Å²) >= 11 is 3.47. The van der Waals surface area contributed by atoms with Crippen molar-refractivity contribution in [3.63, 3.8) is 0 Å². The van der Waals surface area contributed by atoms with Crippen LogP contribution in [-0.2, 0) is 0 Å². The van der Waals surface area contributed by atoms with Crippen LogP contribution in [-0.4, -0.2) is 31.1 Å². The summed E-state index contributed by atoms with van der Waals surface area (Å²) in [6.07, 6.45) is 2.52. The molecule has 17 heavy (non-hydrogen) atoms. The lowest BCUT2D eigenvalue weighted by molar-refractivity contribution is 0.226. The summed E-state index contributed by atoms with van der Waals surface area (Å²) < 4.78 is 1.15. The minimum Gasteiger partial charge on any atom is -0.307 e. The number of hydrogen-bond donors (Lipinski definition) is 1. The molecule has 1 aromatic rings. The van der Waals surface area contributed by atoms with E-state index in [0.29, 0.717) is 12.1 Å². The van der Waals surface area contributed by atoms with Crippen LogP contribution in [0.5, 0.6) is 0 Å². The first kappa shape index (κ1) is 13.1. The molecule has 1 aliphatic rings. The molecule has 94 valence electrons. The first-order chi connectivity index (χ1) is 8.15. The van der Waals surface area contributed by atoms with Crippen LogP contribution in [0.25, 0.3) is 0 Å². The lowest BCUT2D eigenvalue weighted by Gasteiger charge is -2.31. The zero-order chi connectivity index (χ0) is 12.3. The SMILES string of the molecule is CC(NC1CCN(C)CC1)c1ccc(Br)cc1. The lowest BCUT2D eigenvalue weighted by atomic mass is 10.0. The molecule has 0 bridgehead atoms. The number of nitrogens with zero attached hydrogens (tertiary/aromatic N) is 1. The number of piperidine rings is 1. The third kappa shape index (κ3) is 3.80. The molecule has 0 aliphatic carbocycles. The first-order valence-electron chi connectivity index (χ1n) is 6.35. The monoisotopic (exact) mass is 296 g/mol. The molecule has 0 saturated carbocycles. The molecule has 1 aromatic carbocycles. The number of rotatable bonds is 3. The highest BCUT2D eigenvalue weighted by Gasteiger charge is 2.18. The van der Waals surface area contributed by atoms with Crippen molar-refractivity contribution < 1.29 is 0 Å². The van der Waals surface area contributed by atoms with Gasteiger partial charge >= 0.3 is 0 Å². The van der Waals surface area contributed by atoms with Gasteiger partial charge < -0.3 is 10.2 Å². The summed E-state index contributed by atoms with van der Waals surface area (Å²) in [5.41, 5.74) is 1.37. The Kier molecular flexibility index (Phi) is 4.60. The minimum absolute atomic E-state index is 0.441. The van der Waals surface area contributed by atoms with Crippen LogP contribution in [0, 0.1) is 0 Å². The van der Waals surface area contributed by atoms with Gasteiger partial charge in [-0.3, -0.25) is 0 Å². The standard InChI is InChI=1S/C14H21BrN2/c1-11(12-3-5-13(15)6-4-12)16-14-7-9-17(2)10-8-14/h3-6,11,14,16H,7-10H2,1-2H3. The predicted molar refractivity (Wildman–Crippen MR) is 76.2 cm³/mol. The van der Waals surface area contributed by atoms with Gasteiger partial charge in [0, 0.05) is 16.6 Å². The summed E-state index contributed by atoms with van der Waals surface area (Å²) in [6.45, 7) is 4.68. The topological polar surface area (TPSA) is 15.3 Å². The van der Waals surface area contributed by atoms with Crippen molar-refractivity contribution in [2.75, 3.05) is 20.1 Å². The number of likely N-dealkylation sites (tertiary alicyclic amines) is 1. The maximum atomic E-state index is 3.73. The highest BCUT2D eigenvalue weighted by Crippen LogP contribution is 2.19. The van der Waals surface area contributed by atoms with Crippen molar-refractivity contribution in [3.8, 4) is 0 Å². The van der Waals surface area contributed by atoms with Crippen molar-refractivity contribution in [3.05, 3.63) is 34.3 Å². The van der Waals surface area contributed by atoms with Gasteiger partial charge in [0.1, 0.15) is 0 Å². The Labute approximate surface area is 113 Å². The van der Waals surface area contributed by atoms with Crippen molar-refractivity contribution in [1.29, 1.82) is 0 Å². The second kappa shape index (κ2) is 5.98. The Balaban J connectivity index is 1.88. The summed E-state index contributed by atoms with van der Waals surface area (Å²) in [4.78, 5) is 2.41. The smallest absolute Gasteiger partial charge is 0.0294 e. The van der Waals surface area contributed by atoms with Crippen LogP contribution >= 0.6 is 15.9 Å². The predicted octanol–water partition coefficient (Wildman–Crippen LogP) is 3.19. The van der Waals surface area contributed by atoms with E-state index in [1.807, 2.05) is 0 Å². The molecule has 1 N–H and O–H groups in total. The second-order valence-corrected chi connectivity index (χ2v) is 5.93. The maximum Gasteiger partial charge on any atom is 0.0294 e. The molecule has 1 fully saturated rings. The average Bonchev–Trinajstić information content (AvgIpc) is 2.33. The Morgan fingerprint density at radius 1 is 1.24 bits per heavy atom. The van der Waals surface area contributed by atoms with Crippen molar-refractivity contribution in [1.82, 2.24) is 10.2 Å². The molecule has 3 heteroatoms. The fourth-order valence-corrected chi connectivity index (χ4v) is 2.64. The Bertz CT molecular complexity index is 342. The molecule has 0 radical (unpaired) electrons. The highest BCUT2D eigenvalue weighted by molar-refractivity contribution is 9.10. The van der Waals surface area contributed by atoms with Gasteiger partial charge in [0.15, 0.2) is 0 Å². The lowest BCUT2D eigenvalue weighted by Crippen LogP contribution is -2.41. The molecule has 1 aliphatic heterocycles. The van der Waals surface area contributed by atoms with Crippen molar-refractivity contribution >= 4 is 15.9 Å². The quantitative estimate of drug-likeness (QED) is 0.921. The Hall–Kier alpha value is -0.380. The van der Waals surface area contributed by atoms with E-state index in [0.717, 1.165) is 4.47 Å². The van der Waals surface area contributed by atoms with Crippen LogP contribution in [0.1, 0.15) is 31.4 Å². The molecule has 1 unspecified atom stereocenters.